The molecule has 0 fully saturated rings. The molecule has 0 spiro atoms. The van der Waals surface area contributed by atoms with Gasteiger partial charge >= 0.3 is 0 Å². The highest BCUT2D eigenvalue weighted by molar-refractivity contribution is 6.30. The highest BCUT2D eigenvalue weighted by Gasteiger charge is 2.04. The minimum Gasteiger partial charge on any atom is -0.392 e. The first-order chi connectivity index (χ1) is 5.15. The zero-order valence-electron chi connectivity index (χ0n) is 6.06. The molecule has 0 amide bonds. The van der Waals surface area contributed by atoms with Crippen molar-refractivity contribution in [2.75, 3.05) is 0 Å². The number of hydrogen-bond donors (Lipinski definition) is 1. The molecule has 0 heterocycles. The van der Waals surface area contributed by atoms with Crippen molar-refractivity contribution in [1.29, 1.82) is 0 Å². The lowest BCUT2D eigenvalue weighted by atomic mass is 10.1. The van der Waals surface area contributed by atoms with Crippen LogP contribution in [0.2, 0.25) is 5.02 Å². The molecule has 0 radical (unpaired) electrons. The summed E-state index contributed by atoms with van der Waals surface area (Å²) in [6, 6.07) is 2.94. The molecule has 0 aliphatic carbocycles. The standard InChI is InChI=1S/C8H8ClFO/c1-5-2-7(9)3-6(4-11)8(5)10/h2-3,11H,4H2,1H3. The lowest BCUT2D eigenvalue weighted by Gasteiger charge is -2.02. The summed E-state index contributed by atoms with van der Waals surface area (Å²) >= 11 is 5.62. The molecule has 0 bridgehead atoms. The summed E-state index contributed by atoms with van der Waals surface area (Å²) in [6.45, 7) is 1.30. The molecule has 0 saturated carbocycles. The summed E-state index contributed by atoms with van der Waals surface area (Å²) in [4.78, 5) is 0. The molecule has 0 aliphatic heterocycles. The number of halogens is 2. The van der Waals surface area contributed by atoms with Crippen LogP contribution in [0.25, 0.3) is 0 Å². The number of hydrogen-bond acceptors (Lipinski definition) is 1. The Bertz CT molecular complexity index is 273. The molecule has 0 atom stereocenters. The van der Waals surface area contributed by atoms with Gasteiger partial charge in [-0.15, -0.1) is 0 Å². The predicted octanol–water partition coefficient (Wildman–Crippen LogP) is 2.28. The van der Waals surface area contributed by atoms with Crippen molar-refractivity contribution >= 4 is 11.6 Å². The third kappa shape index (κ3) is 1.70. The molecule has 11 heavy (non-hydrogen) atoms. The summed E-state index contributed by atoms with van der Waals surface area (Å²) in [5.74, 6) is -0.378. The van der Waals surface area contributed by atoms with E-state index in [1.807, 2.05) is 0 Å². The van der Waals surface area contributed by atoms with Crippen LogP contribution in [0, 0.1) is 12.7 Å². The molecular formula is C8H8ClFO. The Morgan fingerprint density at radius 3 is 2.73 bits per heavy atom. The summed E-state index contributed by atoms with van der Waals surface area (Å²) in [5, 5.41) is 9.12. The first-order valence-corrected chi connectivity index (χ1v) is 3.58. The molecular weight excluding hydrogens is 167 g/mol. The second-order valence-corrected chi connectivity index (χ2v) is 2.79. The molecule has 60 valence electrons. The van der Waals surface area contributed by atoms with Gasteiger partial charge in [0.2, 0.25) is 0 Å². The normalized spacial score (nSPS) is 10.2. The molecule has 1 rings (SSSR count). The molecule has 1 nitrogen and oxygen atoms in total. The van der Waals surface area contributed by atoms with Crippen LogP contribution >= 0.6 is 11.6 Å². The van der Waals surface area contributed by atoms with E-state index in [9.17, 15) is 4.39 Å². The average molecular weight is 175 g/mol. The van der Waals surface area contributed by atoms with Gasteiger partial charge in [-0.05, 0) is 24.6 Å². The SMILES string of the molecule is Cc1cc(Cl)cc(CO)c1F. The summed E-state index contributed by atoms with van der Waals surface area (Å²) in [5.41, 5.74) is 0.705. The highest BCUT2D eigenvalue weighted by atomic mass is 35.5. The van der Waals surface area contributed by atoms with Crippen molar-refractivity contribution in [2.24, 2.45) is 0 Å². The summed E-state index contributed by atoms with van der Waals surface area (Å²) < 4.78 is 13.0. The fourth-order valence-corrected chi connectivity index (χ4v) is 1.21. The third-order valence-electron chi connectivity index (χ3n) is 1.46. The van der Waals surface area contributed by atoms with Crippen molar-refractivity contribution in [3.05, 3.63) is 34.1 Å². The minimum absolute atomic E-state index is 0.245. The number of benzene rings is 1. The topological polar surface area (TPSA) is 20.2 Å². The molecule has 0 aliphatic rings. The van der Waals surface area contributed by atoms with Gasteiger partial charge in [0.05, 0.1) is 6.61 Å². The fourth-order valence-electron chi connectivity index (χ4n) is 0.910. The van der Waals surface area contributed by atoms with Crippen molar-refractivity contribution in [1.82, 2.24) is 0 Å². The van der Waals surface area contributed by atoms with Gasteiger partial charge in [-0.2, -0.15) is 0 Å². The van der Waals surface area contributed by atoms with E-state index in [0.29, 0.717) is 10.6 Å². The van der Waals surface area contributed by atoms with E-state index in [0.717, 1.165) is 0 Å². The zero-order chi connectivity index (χ0) is 8.43. The zero-order valence-corrected chi connectivity index (χ0v) is 6.82. The maximum atomic E-state index is 13.0. The monoisotopic (exact) mass is 174 g/mol. The smallest absolute Gasteiger partial charge is 0.131 e. The Labute approximate surface area is 69.4 Å². The van der Waals surface area contributed by atoms with Crippen LogP contribution < -0.4 is 0 Å². The van der Waals surface area contributed by atoms with Gasteiger partial charge in [-0.3, -0.25) is 0 Å². The van der Waals surface area contributed by atoms with Crippen molar-refractivity contribution in [3.63, 3.8) is 0 Å². The van der Waals surface area contributed by atoms with E-state index in [2.05, 4.69) is 0 Å². The van der Waals surface area contributed by atoms with Crippen LogP contribution in [0.4, 0.5) is 4.39 Å². The Kier molecular flexibility index (Phi) is 2.47. The van der Waals surface area contributed by atoms with Crippen LogP contribution in [0.5, 0.6) is 0 Å². The van der Waals surface area contributed by atoms with E-state index in [1.54, 1.807) is 6.92 Å². The second-order valence-electron chi connectivity index (χ2n) is 2.35. The quantitative estimate of drug-likeness (QED) is 0.693. The van der Waals surface area contributed by atoms with Gasteiger partial charge in [-0.1, -0.05) is 11.6 Å². The van der Waals surface area contributed by atoms with Gasteiger partial charge in [-0.25, -0.2) is 4.39 Å². The minimum atomic E-state index is -0.378. The molecule has 0 aromatic heterocycles. The first kappa shape index (κ1) is 8.50. The molecule has 0 saturated heterocycles. The second kappa shape index (κ2) is 3.20. The number of aryl methyl sites for hydroxylation is 1. The summed E-state index contributed by atoms with van der Waals surface area (Å²) in [7, 11) is 0. The number of rotatable bonds is 1. The van der Waals surface area contributed by atoms with Crippen LogP contribution in [0.15, 0.2) is 12.1 Å². The van der Waals surface area contributed by atoms with E-state index in [-0.39, 0.29) is 18.0 Å². The molecule has 1 N–H and O–H groups in total. The highest BCUT2D eigenvalue weighted by Crippen LogP contribution is 2.18. The summed E-state index contributed by atoms with van der Waals surface area (Å²) in [6.07, 6.45) is 0. The largest absolute Gasteiger partial charge is 0.392 e. The number of aliphatic hydroxyl groups is 1. The van der Waals surface area contributed by atoms with Gasteiger partial charge in [0.25, 0.3) is 0 Å². The van der Waals surface area contributed by atoms with Gasteiger partial charge in [0.1, 0.15) is 5.82 Å². The van der Waals surface area contributed by atoms with Crippen molar-refractivity contribution in [3.8, 4) is 0 Å². The average Bonchev–Trinajstić information content (AvgIpc) is 1.96. The van der Waals surface area contributed by atoms with Gasteiger partial charge in [0, 0.05) is 10.6 Å². The Morgan fingerprint density at radius 2 is 2.18 bits per heavy atom. The third-order valence-corrected chi connectivity index (χ3v) is 1.68. The van der Waals surface area contributed by atoms with Crippen molar-refractivity contribution < 1.29 is 9.50 Å². The van der Waals surface area contributed by atoms with E-state index < -0.39 is 0 Å². The predicted molar refractivity (Wildman–Crippen MR) is 42.1 cm³/mol. The van der Waals surface area contributed by atoms with Gasteiger partial charge in [0.15, 0.2) is 0 Å². The Balaban J connectivity index is 3.24. The lowest BCUT2D eigenvalue weighted by molar-refractivity contribution is 0.275. The molecule has 1 aromatic rings. The van der Waals surface area contributed by atoms with Gasteiger partial charge < -0.3 is 5.11 Å². The van der Waals surface area contributed by atoms with E-state index >= 15 is 0 Å². The maximum Gasteiger partial charge on any atom is 0.131 e. The van der Waals surface area contributed by atoms with E-state index in [4.69, 9.17) is 16.7 Å². The van der Waals surface area contributed by atoms with Crippen LogP contribution in [-0.2, 0) is 6.61 Å². The Hall–Kier alpha value is -0.600. The first-order valence-electron chi connectivity index (χ1n) is 3.20. The fraction of sp³-hybridized carbons (Fsp3) is 0.250. The Morgan fingerprint density at radius 1 is 1.55 bits per heavy atom. The molecule has 3 heteroatoms. The van der Waals surface area contributed by atoms with Crippen LogP contribution in [0.1, 0.15) is 11.1 Å². The molecule has 0 unspecified atom stereocenters. The number of aliphatic hydroxyl groups excluding tert-OH is 1. The maximum absolute atomic E-state index is 13.0. The van der Waals surface area contributed by atoms with E-state index in [1.165, 1.54) is 12.1 Å². The molecule has 1 aromatic carbocycles. The van der Waals surface area contributed by atoms with Crippen molar-refractivity contribution in [2.45, 2.75) is 13.5 Å². The van der Waals surface area contributed by atoms with Crippen LogP contribution in [0.3, 0.4) is 0 Å². The van der Waals surface area contributed by atoms with Crippen LogP contribution in [-0.4, -0.2) is 5.11 Å². The lowest BCUT2D eigenvalue weighted by Crippen LogP contribution is -1.92.